The number of rotatable bonds is 3. The first kappa shape index (κ1) is 14.2. The molecule has 0 bridgehead atoms. The van der Waals surface area contributed by atoms with E-state index in [0.717, 1.165) is 0 Å². The minimum absolute atomic E-state index is 0.00381. The van der Waals surface area contributed by atoms with Gasteiger partial charge in [0.1, 0.15) is 0 Å². The molecule has 1 aromatic heterocycles. The maximum Gasteiger partial charge on any atom is 0.328 e. The Bertz CT molecular complexity index is 686. The molecule has 2 aromatic rings. The van der Waals surface area contributed by atoms with Gasteiger partial charge in [0.2, 0.25) is 0 Å². The Morgan fingerprint density at radius 1 is 1.36 bits per heavy atom. The van der Waals surface area contributed by atoms with Crippen molar-refractivity contribution in [3.8, 4) is 5.69 Å². The lowest BCUT2D eigenvalue weighted by molar-refractivity contribution is -0.147. The molecule has 0 saturated carbocycles. The van der Waals surface area contributed by atoms with Crippen LogP contribution in [0.4, 0.5) is 0 Å². The average Bonchev–Trinajstić information content (AvgIpc) is 3.09. The maximum atomic E-state index is 12.6. The molecule has 114 valence electrons. The smallest absolute Gasteiger partial charge is 0.328 e. The normalized spacial score (nSPS) is 18.2. The second-order valence-electron chi connectivity index (χ2n) is 4.83. The molecule has 8 heteroatoms. The lowest BCUT2D eigenvalue weighted by Crippen LogP contribution is -2.52. The number of carboxylic acid groups (broad SMARTS) is 1. The van der Waals surface area contributed by atoms with Crippen LogP contribution in [-0.4, -0.2) is 62.7 Å². The van der Waals surface area contributed by atoms with Crippen molar-refractivity contribution in [2.24, 2.45) is 0 Å². The fourth-order valence-electron chi connectivity index (χ4n) is 2.34. The molecule has 2 heterocycles. The van der Waals surface area contributed by atoms with Crippen molar-refractivity contribution in [2.45, 2.75) is 6.04 Å². The molecule has 1 aliphatic rings. The van der Waals surface area contributed by atoms with Crippen LogP contribution >= 0.6 is 0 Å². The number of hydrogen-bond acceptors (Lipinski definition) is 5. The third kappa shape index (κ3) is 2.68. The molecule has 1 N–H and O–H groups in total. The standard InChI is InChI=1S/C14H14N4O4/c19-13(17-6-7-22-9-12(17)14(20)21)10-2-1-3-11(8-10)18-5-4-15-16-18/h1-5,8,12H,6-7,9H2,(H,20,21). The first-order valence-electron chi connectivity index (χ1n) is 6.75. The molecule has 3 rings (SSSR count). The van der Waals surface area contributed by atoms with Crippen molar-refractivity contribution in [1.29, 1.82) is 0 Å². The van der Waals surface area contributed by atoms with Gasteiger partial charge >= 0.3 is 5.97 Å². The predicted molar refractivity (Wildman–Crippen MR) is 74.6 cm³/mol. The number of aliphatic carboxylic acids is 1. The van der Waals surface area contributed by atoms with Crippen LogP contribution in [0.5, 0.6) is 0 Å². The summed E-state index contributed by atoms with van der Waals surface area (Å²) in [6.45, 7) is 0.589. The number of nitrogens with zero attached hydrogens (tertiary/aromatic N) is 4. The van der Waals surface area contributed by atoms with Crippen LogP contribution < -0.4 is 0 Å². The van der Waals surface area contributed by atoms with E-state index in [9.17, 15) is 14.7 Å². The number of carbonyl (C=O) groups excluding carboxylic acids is 1. The fraction of sp³-hybridized carbons (Fsp3) is 0.286. The predicted octanol–water partition coefficient (Wildman–Crippen LogP) is 0.193. The Morgan fingerprint density at radius 2 is 2.23 bits per heavy atom. The van der Waals surface area contributed by atoms with E-state index in [1.165, 1.54) is 15.8 Å². The molecule has 0 radical (unpaired) electrons. The van der Waals surface area contributed by atoms with E-state index in [4.69, 9.17) is 4.74 Å². The quantitative estimate of drug-likeness (QED) is 0.869. The van der Waals surface area contributed by atoms with Crippen LogP contribution in [0.3, 0.4) is 0 Å². The summed E-state index contributed by atoms with van der Waals surface area (Å²) in [7, 11) is 0. The number of benzene rings is 1. The van der Waals surface area contributed by atoms with Crippen LogP contribution in [0.15, 0.2) is 36.7 Å². The first-order valence-corrected chi connectivity index (χ1v) is 6.75. The minimum Gasteiger partial charge on any atom is -0.480 e. The highest BCUT2D eigenvalue weighted by molar-refractivity contribution is 5.97. The molecular weight excluding hydrogens is 288 g/mol. The van der Waals surface area contributed by atoms with Crippen LogP contribution in [0.1, 0.15) is 10.4 Å². The van der Waals surface area contributed by atoms with Crippen molar-refractivity contribution >= 4 is 11.9 Å². The molecular formula is C14H14N4O4. The highest BCUT2D eigenvalue weighted by Gasteiger charge is 2.33. The van der Waals surface area contributed by atoms with Crippen LogP contribution in [0.2, 0.25) is 0 Å². The van der Waals surface area contributed by atoms with Gasteiger partial charge in [-0.25, -0.2) is 9.48 Å². The number of ether oxygens (including phenoxy) is 1. The van der Waals surface area contributed by atoms with Crippen molar-refractivity contribution < 1.29 is 19.4 Å². The largest absolute Gasteiger partial charge is 0.480 e. The molecule has 1 amide bonds. The Kier molecular flexibility index (Phi) is 3.84. The third-order valence-corrected chi connectivity index (χ3v) is 3.45. The number of morpholine rings is 1. The fourth-order valence-corrected chi connectivity index (χ4v) is 2.34. The number of aromatic nitrogens is 3. The lowest BCUT2D eigenvalue weighted by Gasteiger charge is -2.32. The van der Waals surface area contributed by atoms with E-state index in [2.05, 4.69) is 10.3 Å². The van der Waals surface area contributed by atoms with Gasteiger partial charge < -0.3 is 14.7 Å². The van der Waals surface area contributed by atoms with E-state index in [-0.39, 0.29) is 19.1 Å². The van der Waals surface area contributed by atoms with E-state index in [1.807, 2.05) is 0 Å². The van der Waals surface area contributed by atoms with Crippen molar-refractivity contribution in [3.63, 3.8) is 0 Å². The summed E-state index contributed by atoms with van der Waals surface area (Å²) in [4.78, 5) is 25.2. The summed E-state index contributed by atoms with van der Waals surface area (Å²) in [6.07, 6.45) is 3.20. The van der Waals surface area contributed by atoms with E-state index >= 15 is 0 Å². The van der Waals surface area contributed by atoms with E-state index in [0.29, 0.717) is 17.9 Å². The summed E-state index contributed by atoms with van der Waals surface area (Å²) in [5, 5.41) is 16.8. The Hall–Kier alpha value is -2.74. The number of hydrogen-bond donors (Lipinski definition) is 1. The van der Waals surface area contributed by atoms with Crippen LogP contribution in [0, 0.1) is 0 Å². The van der Waals surface area contributed by atoms with Crippen LogP contribution in [0.25, 0.3) is 5.69 Å². The molecule has 1 aromatic carbocycles. The van der Waals surface area contributed by atoms with Crippen molar-refractivity contribution in [2.75, 3.05) is 19.8 Å². The van der Waals surface area contributed by atoms with Gasteiger partial charge in [-0.15, -0.1) is 5.10 Å². The van der Waals surface area contributed by atoms with E-state index in [1.54, 1.807) is 30.5 Å². The number of carboxylic acids is 1. The summed E-state index contributed by atoms with van der Waals surface area (Å²) >= 11 is 0. The Balaban J connectivity index is 1.88. The molecule has 8 nitrogen and oxygen atoms in total. The van der Waals surface area contributed by atoms with E-state index < -0.39 is 12.0 Å². The minimum atomic E-state index is -1.07. The SMILES string of the molecule is O=C(O)C1COCCN1C(=O)c1cccc(-n2ccnn2)c1. The van der Waals surface area contributed by atoms with Crippen molar-refractivity contribution in [3.05, 3.63) is 42.2 Å². The zero-order valence-corrected chi connectivity index (χ0v) is 11.6. The number of carbonyl (C=O) groups is 2. The molecule has 1 fully saturated rings. The highest BCUT2D eigenvalue weighted by atomic mass is 16.5. The van der Waals surface area contributed by atoms with Gasteiger partial charge in [0.15, 0.2) is 6.04 Å². The lowest BCUT2D eigenvalue weighted by atomic mass is 10.1. The van der Waals surface area contributed by atoms with Gasteiger partial charge in [-0.05, 0) is 18.2 Å². The second-order valence-corrected chi connectivity index (χ2v) is 4.83. The topological polar surface area (TPSA) is 97.6 Å². The number of amides is 1. The van der Waals surface area contributed by atoms with Gasteiger partial charge in [-0.2, -0.15) is 0 Å². The zero-order chi connectivity index (χ0) is 15.5. The van der Waals surface area contributed by atoms with Crippen LogP contribution in [-0.2, 0) is 9.53 Å². The molecule has 1 saturated heterocycles. The van der Waals surface area contributed by atoms with Gasteiger partial charge in [0, 0.05) is 12.1 Å². The molecule has 1 aliphatic heterocycles. The molecule has 1 unspecified atom stereocenters. The monoisotopic (exact) mass is 302 g/mol. The highest BCUT2D eigenvalue weighted by Crippen LogP contribution is 2.15. The summed E-state index contributed by atoms with van der Waals surface area (Å²) in [5.41, 5.74) is 1.09. The Morgan fingerprint density at radius 3 is 2.95 bits per heavy atom. The molecule has 1 atom stereocenters. The van der Waals surface area contributed by atoms with Gasteiger partial charge in [-0.3, -0.25) is 4.79 Å². The molecule has 22 heavy (non-hydrogen) atoms. The first-order chi connectivity index (χ1) is 10.7. The van der Waals surface area contributed by atoms with Gasteiger partial charge in [0.25, 0.3) is 5.91 Å². The third-order valence-electron chi connectivity index (χ3n) is 3.45. The zero-order valence-electron chi connectivity index (χ0n) is 11.6. The maximum absolute atomic E-state index is 12.6. The molecule has 0 spiro atoms. The van der Waals surface area contributed by atoms with Gasteiger partial charge in [0.05, 0.1) is 31.3 Å². The van der Waals surface area contributed by atoms with Crippen molar-refractivity contribution in [1.82, 2.24) is 19.9 Å². The average molecular weight is 302 g/mol. The summed E-state index contributed by atoms with van der Waals surface area (Å²) in [6, 6.07) is 5.86. The Labute approximate surface area is 125 Å². The second kappa shape index (κ2) is 5.94. The summed E-state index contributed by atoms with van der Waals surface area (Å²) < 4.78 is 6.68. The molecule has 0 aliphatic carbocycles. The van der Waals surface area contributed by atoms with Gasteiger partial charge in [-0.1, -0.05) is 11.3 Å². The summed E-state index contributed by atoms with van der Waals surface area (Å²) in [5.74, 6) is -1.40.